The number of benzene rings is 1. The Balaban J connectivity index is 1.60. The molecule has 2 aliphatic heterocycles. The maximum atomic E-state index is 12.6. The molecular weight excluding hydrogens is 363 g/mol. The maximum Gasteiger partial charge on any atom is 0.254 e. The van der Waals surface area contributed by atoms with Crippen molar-refractivity contribution < 1.29 is 4.79 Å². The summed E-state index contributed by atoms with van der Waals surface area (Å²) in [5, 5.41) is 0. The first-order valence-corrected chi connectivity index (χ1v) is 8.61. The smallest absolute Gasteiger partial charge is 0.254 e. The van der Waals surface area contributed by atoms with Crippen molar-refractivity contribution in [3.05, 3.63) is 33.4 Å². The molecular formula is C16H21IN2O. The number of carbonyl (C=O) groups excluding carboxylic acids is 1. The first-order chi connectivity index (χ1) is 9.75. The minimum atomic E-state index is 0.204. The van der Waals surface area contributed by atoms with E-state index in [1.807, 2.05) is 29.2 Å². The van der Waals surface area contributed by atoms with E-state index in [2.05, 4.69) is 27.5 Å². The van der Waals surface area contributed by atoms with Crippen molar-refractivity contribution in [3.8, 4) is 0 Å². The Bertz CT molecular complexity index is 477. The molecule has 1 aromatic carbocycles. The van der Waals surface area contributed by atoms with Crippen molar-refractivity contribution in [2.24, 2.45) is 0 Å². The van der Waals surface area contributed by atoms with E-state index in [9.17, 15) is 4.79 Å². The molecule has 1 amide bonds. The van der Waals surface area contributed by atoms with Gasteiger partial charge in [-0.15, -0.1) is 0 Å². The quantitative estimate of drug-likeness (QED) is 0.732. The molecule has 2 heterocycles. The minimum Gasteiger partial charge on any atom is -0.338 e. The van der Waals surface area contributed by atoms with E-state index in [1.54, 1.807) is 0 Å². The molecule has 0 spiro atoms. The van der Waals surface area contributed by atoms with Crippen molar-refractivity contribution in [1.29, 1.82) is 0 Å². The van der Waals surface area contributed by atoms with Gasteiger partial charge in [0.2, 0.25) is 0 Å². The molecule has 2 aliphatic rings. The molecule has 0 radical (unpaired) electrons. The highest BCUT2D eigenvalue weighted by atomic mass is 127. The molecule has 0 bridgehead atoms. The second-order valence-electron chi connectivity index (χ2n) is 5.75. The Labute approximate surface area is 134 Å². The molecule has 0 unspecified atom stereocenters. The summed E-state index contributed by atoms with van der Waals surface area (Å²) in [5.74, 6) is 0.204. The summed E-state index contributed by atoms with van der Waals surface area (Å²) < 4.78 is 1.05. The molecule has 0 atom stereocenters. The van der Waals surface area contributed by atoms with Crippen LogP contribution in [0.2, 0.25) is 0 Å². The third-order valence-corrected chi connectivity index (χ3v) is 5.45. The SMILES string of the molecule is O=C(c1ccccc1I)N1CCC(N2CCCC2)CC1. The van der Waals surface area contributed by atoms with Gasteiger partial charge in [-0.25, -0.2) is 0 Å². The lowest BCUT2D eigenvalue weighted by Gasteiger charge is -2.36. The van der Waals surface area contributed by atoms with E-state index in [0.717, 1.165) is 35.1 Å². The average molecular weight is 384 g/mol. The Kier molecular flexibility index (Phi) is 4.61. The Hall–Kier alpha value is -0.620. The third kappa shape index (κ3) is 3.01. The molecule has 4 heteroatoms. The van der Waals surface area contributed by atoms with Gasteiger partial charge in [0.05, 0.1) is 5.56 Å². The standard InChI is InChI=1S/C16H21IN2O/c17-15-6-2-1-5-14(15)16(20)19-11-7-13(8-12-19)18-9-3-4-10-18/h1-2,5-6,13H,3-4,7-12H2. The number of halogens is 1. The second-order valence-corrected chi connectivity index (χ2v) is 6.91. The zero-order valence-electron chi connectivity index (χ0n) is 11.7. The average Bonchev–Trinajstić information content (AvgIpc) is 3.01. The van der Waals surface area contributed by atoms with Crippen molar-refractivity contribution >= 4 is 28.5 Å². The largest absolute Gasteiger partial charge is 0.338 e. The van der Waals surface area contributed by atoms with Gasteiger partial charge in [-0.05, 0) is 73.5 Å². The predicted octanol–water partition coefficient (Wildman–Crippen LogP) is 2.99. The number of amides is 1. The molecule has 0 aliphatic carbocycles. The van der Waals surface area contributed by atoms with Crippen molar-refractivity contribution in [3.63, 3.8) is 0 Å². The van der Waals surface area contributed by atoms with Crippen LogP contribution in [-0.4, -0.2) is 47.9 Å². The van der Waals surface area contributed by atoms with Crippen LogP contribution < -0.4 is 0 Å². The van der Waals surface area contributed by atoms with Crippen LogP contribution in [-0.2, 0) is 0 Å². The summed E-state index contributed by atoms with van der Waals surface area (Å²) in [5.41, 5.74) is 0.854. The molecule has 3 rings (SSSR count). The lowest BCUT2D eigenvalue weighted by molar-refractivity contribution is 0.0643. The van der Waals surface area contributed by atoms with Crippen LogP contribution in [0.25, 0.3) is 0 Å². The molecule has 0 saturated carbocycles. The van der Waals surface area contributed by atoms with E-state index in [4.69, 9.17) is 0 Å². The lowest BCUT2D eigenvalue weighted by atomic mass is 10.0. The van der Waals surface area contributed by atoms with Crippen LogP contribution in [0.5, 0.6) is 0 Å². The van der Waals surface area contributed by atoms with Crippen molar-refractivity contribution in [2.45, 2.75) is 31.7 Å². The van der Waals surface area contributed by atoms with Gasteiger partial charge in [0.1, 0.15) is 0 Å². The summed E-state index contributed by atoms with van der Waals surface area (Å²) >= 11 is 2.25. The normalized spacial score (nSPS) is 21.4. The summed E-state index contributed by atoms with van der Waals surface area (Å²) in [6, 6.07) is 8.59. The molecule has 0 N–H and O–H groups in total. The summed E-state index contributed by atoms with van der Waals surface area (Å²) in [7, 11) is 0. The highest BCUT2D eigenvalue weighted by molar-refractivity contribution is 14.1. The number of hydrogen-bond acceptors (Lipinski definition) is 2. The van der Waals surface area contributed by atoms with E-state index in [0.29, 0.717) is 6.04 Å². The summed E-state index contributed by atoms with van der Waals surface area (Å²) in [6.45, 7) is 4.33. The monoisotopic (exact) mass is 384 g/mol. The number of hydrogen-bond donors (Lipinski definition) is 0. The van der Waals surface area contributed by atoms with Gasteiger partial charge in [-0.1, -0.05) is 12.1 Å². The van der Waals surface area contributed by atoms with Gasteiger partial charge in [0, 0.05) is 22.7 Å². The van der Waals surface area contributed by atoms with Crippen LogP contribution in [0.3, 0.4) is 0 Å². The first kappa shape index (κ1) is 14.3. The van der Waals surface area contributed by atoms with Crippen molar-refractivity contribution in [2.75, 3.05) is 26.2 Å². The van der Waals surface area contributed by atoms with Gasteiger partial charge < -0.3 is 9.80 Å². The second kappa shape index (κ2) is 6.43. The van der Waals surface area contributed by atoms with E-state index in [-0.39, 0.29) is 5.91 Å². The fourth-order valence-corrected chi connectivity index (χ4v) is 3.96. The van der Waals surface area contributed by atoms with Crippen molar-refractivity contribution in [1.82, 2.24) is 9.80 Å². The Morgan fingerprint density at radius 1 is 1.05 bits per heavy atom. The molecule has 108 valence electrons. The van der Waals surface area contributed by atoms with Gasteiger partial charge in [0.25, 0.3) is 5.91 Å². The molecule has 20 heavy (non-hydrogen) atoms. The number of nitrogens with zero attached hydrogens (tertiary/aromatic N) is 2. The molecule has 1 aromatic rings. The topological polar surface area (TPSA) is 23.6 Å². The van der Waals surface area contributed by atoms with E-state index < -0.39 is 0 Å². The van der Waals surface area contributed by atoms with Crippen LogP contribution in [0.1, 0.15) is 36.0 Å². The number of rotatable bonds is 2. The van der Waals surface area contributed by atoms with Gasteiger partial charge in [-0.3, -0.25) is 4.79 Å². The zero-order valence-corrected chi connectivity index (χ0v) is 13.9. The predicted molar refractivity (Wildman–Crippen MR) is 88.9 cm³/mol. The Morgan fingerprint density at radius 3 is 2.35 bits per heavy atom. The fourth-order valence-electron chi connectivity index (χ4n) is 3.35. The maximum absolute atomic E-state index is 12.6. The minimum absolute atomic E-state index is 0.204. The van der Waals surface area contributed by atoms with Crippen LogP contribution in [0.4, 0.5) is 0 Å². The van der Waals surface area contributed by atoms with Gasteiger partial charge >= 0.3 is 0 Å². The van der Waals surface area contributed by atoms with E-state index >= 15 is 0 Å². The Morgan fingerprint density at radius 2 is 1.70 bits per heavy atom. The van der Waals surface area contributed by atoms with Crippen LogP contribution in [0.15, 0.2) is 24.3 Å². The number of carbonyl (C=O) groups is 1. The van der Waals surface area contributed by atoms with Crippen LogP contribution >= 0.6 is 22.6 Å². The van der Waals surface area contributed by atoms with E-state index in [1.165, 1.54) is 25.9 Å². The lowest BCUT2D eigenvalue weighted by Crippen LogP contribution is -2.46. The number of likely N-dealkylation sites (tertiary alicyclic amines) is 2. The first-order valence-electron chi connectivity index (χ1n) is 7.53. The zero-order chi connectivity index (χ0) is 13.9. The molecule has 3 nitrogen and oxygen atoms in total. The van der Waals surface area contributed by atoms with Gasteiger partial charge in [0.15, 0.2) is 0 Å². The summed E-state index contributed by atoms with van der Waals surface area (Å²) in [6.07, 6.45) is 4.97. The third-order valence-electron chi connectivity index (χ3n) is 4.51. The highest BCUT2D eigenvalue weighted by Gasteiger charge is 2.28. The van der Waals surface area contributed by atoms with Crippen LogP contribution in [0, 0.1) is 3.57 Å². The highest BCUT2D eigenvalue weighted by Crippen LogP contribution is 2.23. The fraction of sp³-hybridized carbons (Fsp3) is 0.562. The molecule has 0 aromatic heterocycles. The number of piperidine rings is 1. The van der Waals surface area contributed by atoms with Gasteiger partial charge in [-0.2, -0.15) is 0 Å². The molecule has 2 fully saturated rings. The summed E-state index contributed by atoms with van der Waals surface area (Å²) in [4.78, 5) is 17.2. The molecule has 2 saturated heterocycles.